The molecule has 1 fully saturated rings. The summed E-state index contributed by atoms with van der Waals surface area (Å²) in [5.74, 6) is 6.19. The molecule has 0 amide bonds. The number of halogens is 3. The Hall–Kier alpha value is -2.98. The van der Waals surface area contributed by atoms with E-state index in [0.717, 1.165) is 40.6 Å². The summed E-state index contributed by atoms with van der Waals surface area (Å²) >= 11 is 1.27. The summed E-state index contributed by atoms with van der Waals surface area (Å²) in [6.07, 6.45) is -3.49. The summed E-state index contributed by atoms with van der Waals surface area (Å²) in [4.78, 5) is 2.73. The van der Waals surface area contributed by atoms with Gasteiger partial charge in [0.05, 0.1) is 45.9 Å². The summed E-state index contributed by atoms with van der Waals surface area (Å²) in [7, 11) is 2.76. The molecule has 0 saturated carbocycles. The zero-order chi connectivity index (χ0) is 29.1. The van der Waals surface area contributed by atoms with E-state index in [1.165, 1.54) is 44.7 Å². The molecule has 0 radical (unpaired) electrons. The third kappa shape index (κ3) is 7.01. The lowest BCUT2D eigenvalue weighted by Crippen LogP contribution is -2.36. The van der Waals surface area contributed by atoms with Crippen molar-refractivity contribution in [2.24, 2.45) is 0 Å². The molecule has 0 bridgehead atoms. The molecule has 216 valence electrons. The maximum absolute atomic E-state index is 13.6. The van der Waals surface area contributed by atoms with E-state index in [4.69, 9.17) is 4.74 Å². The van der Waals surface area contributed by atoms with Gasteiger partial charge in [-0.1, -0.05) is 24.0 Å². The number of methoxy groups -OCH3 is 1. The highest BCUT2D eigenvalue weighted by atomic mass is 32.2. The molecule has 1 aliphatic rings. The Bertz CT molecular complexity index is 1520. The van der Waals surface area contributed by atoms with Crippen LogP contribution in [0, 0.1) is 11.8 Å². The van der Waals surface area contributed by atoms with Crippen LogP contribution < -0.4 is 15.4 Å². The quantitative estimate of drug-likeness (QED) is 0.348. The molecule has 0 unspecified atom stereocenters. The second kappa shape index (κ2) is 12.3. The van der Waals surface area contributed by atoms with Crippen LogP contribution in [0.25, 0.3) is 10.1 Å². The number of likely N-dealkylation sites (tertiary alicyclic amines) is 1. The van der Waals surface area contributed by atoms with Crippen LogP contribution in [0.5, 0.6) is 5.75 Å². The number of piperidine rings is 1. The zero-order valence-corrected chi connectivity index (χ0v) is 24.5. The van der Waals surface area contributed by atoms with Gasteiger partial charge in [-0.15, -0.1) is 11.3 Å². The van der Waals surface area contributed by atoms with Crippen molar-refractivity contribution < 1.29 is 26.3 Å². The fraction of sp³-hybridized carbons (Fsp3) is 0.429. The number of thiophene rings is 1. The van der Waals surface area contributed by atoms with Crippen molar-refractivity contribution in [1.82, 2.24) is 9.21 Å². The molecule has 1 aromatic heterocycles. The van der Waals surface area contributed by atoms with Gasteiger partial charge in [0, 0.05) is 26.2 Å². The topological polar surface area (TPSA) is 73.9 Å². The summed E-state index contributed by atoms with van der Waals surface area (Å²) in [6, 6.07) is 10.1. The minimum Gasteiger partial charge on any atom is -0.495 e. The number of ether oxygens (including phenoxy) is 1. The highest BCUT2D eigenvalue weighted by Gasteiger charge is 2.31. The summed E-state index contributed by atoms with van der Waals surface area (Å²) in [5.41, 5.74) is 1.54. The third-order valence-electron chi connectivity index (χ3n) is 6.79. The number of anilines is 2. The van der Waals surface area contributed by atoms with Gasteiger partial charge in [-0.3, -0.25) is 0 Å². The number of fused-ring (bicyclic) bond motifs is 1. The molecule has 12 heteroatoms. The number of alkyl halides is 3. The van der Waals surface area contributed by atoms with Crippen LogP contribution in [-0.4, -0.2) is 77.7 Å². The van der Waals surface area contributed by atoms with E-state index in [1.807, 2.05) is 6.07 Å². The van der Waals surface area contributed by atoms with E-state index >= 15 is 0 Å². The summed E-state index contributed by atoms with van der Waals surface area (Å²) in [6.45, 7) is 2.07. The first-order valence-electron chi connectivity index (χ1n) is 12.8. The van der Waals surface area contributed by atoms with Crippen molar-refractivity contribution in [3.05, 3.63) is 46.8 Å². The lowest BCUT2D eigenvalue weighted by molar-refractivity contribution is -0.126. The van der Waals surface area contributed by atoms with E-state index < -0.39 is 22.6 Å². The molecular weight excluding hydrogens is 561 g/mol. The minimum absolute atomic E-state index is 0.0812. The molecule has 2 aromatic carbocycles. The first-order valence-corrected chi connectivity index (χ1v) is 15.0. The fourth-order valence-corrected chi connectivity index (χ4v) is 6.68. The van der Waals surface area contributed by atoms with Gasteiger partial charge in [-0.2, -0.15) is 13.2 Å². The van der Waals surface area contributed by atoms with Gasteiger partial charge in [0.15, 0.2) is 0 Å². The van der Waals surface area contributed by atoms with Crippen LogP contribution >= 0.6 is 11.3 Å². The largest absolute Gasteiger partial charge is 0.495 e. The van der Waals surface area contributed by atoms with Crippen molar-refractivity contribution in [1.29, 1.82) is 0 Å². The summed E-state index contributed by atoms with van der Waals surface area (Å²) in [5, 5.41) is 7.19. The Morgan fingerprint density at radius 3 is 2.52 bits per heavy atom. The standard InChI is InChI=1S/C28H33F3N4O3S2/c1-34(2)40(36,37)20-10-11-23(25(17-20)38-4)32-14-6-9-26-22(18-28(29,30)31)21-7-5-8-24(27(21)39-26)33-19-12-15-35(3)16-13-19/h5,7-8,10-11,17,19,32-33H,12-16,18H2,1-4H3. The maximum Gasteiger partial charge on any atom is 0.393 e. The normalized spacial score (nSPS) is 15.2. The van der Waals surface area contributed by atoms with Gasteiger partial charge in [0.2, 0.25) is 10.0 Å². The van der Waals surface area contributed by atoms with Crippen LogP contribution in [0.2, 0.25) is 0 Å². The number of nitrogens with zero attached hydrogens (tertiary/aromatic N) is 2. The molecule has 3 aromatic rings. The third-order valence-corrected chi connectivity index (χ3v) is 9.80. The van der Waals surface area contributed by atoms with E-state index in [1.54, 1.807) is 18.2 Å². The molecule has 1 saturated heterocycles. The average molecular weight is 595 g/mol. The lowest BCUT2D eigenvalue weighted by atomic mass is 10.0. The summed E-state index contributed by atoms with van der Waals surface area (Å²) < 4.78 is 72.8. The van der Waals surface area contributed by atoms with Crippen molar-refractivity contribution in [2.75, 3.05) is 58.5 Å². The molecular formula is C28H33F3N4O3S2. The van der Waals surface area contributed by atoms with Crippen molar-refractivity contribution in [3.63, 3.8) is 0 Å². The Morgan fingerprint density at radius 2 is 1.88 bits per heavy atom. The molecule has 1 aliphatic heterocycles. The van der Waals surface area contributed by atoms with E-state index in [9.17, 15) is 21.6 Å². The number of hydrogen-bond acceptors (Lipinski definition) is 7. The second-order valence-corrected chi connectivity index (χ2v) is 13.1. The molecule has 4 rings (SSSR count). The smallest absolute Gasteiger partial charge is 0.393 e. The molecule has 0 aliphatic carbocycles. The van der Waals surface area contributed by atoms with E-state index in [0.29, 0.717) is 21.7 Å². The second-order valence-electron chi connectivity index (χ2n) is 9.91. The molecule has 0 spiro atoms. The van der Waals surface area contributed by atoms with Gasteiger partial charge in [-0.05, 0) is 62.1 Å². The van der Waals surface area contributed by atoms with Gasteiger partial charge < -0.3 is 20.3 Å². The van der Waals surface area contributed by atoms with Gasteiger partial charge in [0.1, 0.15) is 5.75 Å². The minimum atomic E-state index is -4.37. The Kier molecular flexibility index (Phi) is 9.19. The number of nitrogens with one attached hydrogen (secondary N) is 2. The highest BCUT2D eigenvalue weighted by Crippen LogP contribution is 2.39. The molecule has 7 nitrogen and oxygen atoms in total. The fourth-order valence-electron chi connectivity index (χ4n) is 4.59. The number of hydrogen-bond donors (Lipinski definition) is 2. The monoisotopic (exact) mass is 594 g/mol. The van der Waals surface area contributed by atoms with Crippen molar-refractivity contribution >= 4 is 42.8 Å². The average Bonchev–Trinajstić information content (AvgIpc) is 3.24. The first-order chi connectivity index (χ1) is 18.9. The van der Waals surface area contributed by atoms with Gasteiger partial charge >= 0.3 is 6.18 Å². The van der Waals surface area contributed by atoms with Crippen LogP contribution in [0.15, 0.2) is 41.3 Å². The Balaban J connectivity index is 1.58. The number of benzene rings is 2. The Morgan fingerprint density at radius 1 is 1.15 bits per heavy atom. The molecule has 2 N–H and O–H groups in total. The highest BCUT2D eigenvalue weighted by molar-refractivity contribution is 7.89. The molecule has 0 atom stereocenters. The first kappa shape index (κ1) is 30.0. The lowest BCUT2D eigenvalue weighted by Gasteiger charge is -2.30. The van der Waals surface area contributed by atoms with Gasteiger partial charge in [-0.25, -0.2) is 12.7 Å². The molecule has 40 heavy (non-hydrogen) atoms. The predicted molar refractivity (Wildman–Crippen MR) is 155 cm³/mol. The maximum atomic E-state index is 13.6. The van der Waals surface area contributed by atoms with Gasteiger partial charge in [0.25, 0.3) is 0 Å². The van der Waals surface area contributed by atoms with Crippen molar-refractivity contribution in [2.45, 2.75) is 36.4 Å². The SMILES string of the molecule is COc1cc(S(=O)(=O)N(C)C)ccc1NCC#Cc1sc2c(NC3CCN(C)CC3)cccc2c1CC(F)(F)F. The van der Waals surface area contributed by atoms with Crippen molar-refractivity contribution in [3.8, 4) is 17.6 Å². The van der Waals surface area contributed by atoms with Crippen LogP contribution in [0.1, 0.15) is 23.3 Å². The van der Waals surface area contributed by atoms with E-state index in [2.05, 4.69) is 34.4 Å². The predicted octanol–water partition coefficient (Wildman–Crippen LogP) is 5.23. The van der Waals surface area contributed by atoms with Crippen LogP contribution in [-0.2, 0) is 16.4 Å². The van der Waals surface area contributed by atoms with Crippen LogP contribution in [0.3, 0.4) is 0 Å². The van der Waals surface area contributed by atoms with E-state index in [-0.39, 0.29) is 23.0 Å². The number of rotatable bonds is 8. The zero-order valence-electron chi connectivity index (χ0n) is 22.9. The Labute approximate surface area is 237 Å². The van der Waals surface area contributed by atoms with Crippen LogP contribution in [0.4, 0.5) is 24.5 Å². The number of sulfonamides is 1. The molecule has 2 heterocycles.